The molecule has 0 saturated heterocycles. The second kappa shape index (κ2) is 6.33. The SMILES string of the molecule is CN(CC(O)C1CC1)C(=O)c1cnc(-c2ccc(F)c(F)c2)s1. The summed E-state index contributed by atoms with van der Waals surface area (Å²) < 4.78 is 26.3. The van der Waals surface area contributed by atoms with Crippen LogP contribution < -0.4 is 0 Å². The molecular weight excluding hydrogens is 322 g/mol. The van der Waals surface area contributed by atoms with Crippen molar-refractivity contribution in [2.45, 2.75) is 18.9 Å². The van der Waals surface area contributed by atoms with Crippen LogP contribution in [0.25, 0.3) is 10.6 Å². The van der Waals surface area contributed by atoms with Crippen LogP contribution in [0.4, 0.5) is 8.78 Å². The largest absolute Gasteiger partial charge is 0.391 e. The lowest BCUT2D eigenvalue weighted by Crippen LogP contribution is -2.34. The van der Waals surface area contributed by atoms with E-state index in [9.17, 15) is 18.7 Å². The first-order chi connectivity index (χ1) is 11.0. The van der Waals surface area contributed by atoms with E-state index in [4.69, 9.17) is 0 Å². The summed E-state index contributed by atoms with van der Waals surface area (Å²) in [4.78, 5) is 18.3. The lowest BCUT2D eigenvalue weighted by atomic mass is 10.2. The molecule has 0 bridgehead atoms. The summed E-state index contributed by atoms with van der Waals surface area (Å²) in [5.41, 5.74) is 0.425. The van der Waals surface area contributed by atoms with Crippen molar-refractivity contribution in [3.63, 3.8) is 0 Å². The third kappa shape index (κ3) is 3.56. The third-order valence-corrected chi connectivity index (χ3v) is 4.89. The van der Waals surface area contributed by atoms with Gasteiger partial charge in [-0.25, -0.2) is 13.8 Å². The fraction of sp³-hybridized carbons (Fsp3) is 0.375. The number of rotatable bonds is 5. The zero-order valence-corrected chi connectivity index (χ0v) is 13.3. The highest BCUT2D eigenvalue weighted by atomic mass is 32.1. The number of aliphatic hydroxyl groups is 1. The minimum absolute atomic E-state index is 0.240. The molecule has 4 nitrogen and oxygen atoms in total. The van der Waals surface area contributed by atoms with Crippen molar-refractivity contribution >= 4 is 17.2 Å². The Labute approximate surface area is 136 Å². The van der Waals surface area contributed by atoms with Crippen LogP contribution in [0.5, 0.6) is 0 Å². The van der Waals surface area contributed by atoms with Gasteiger partial charge in [-0.05, 0) is 37.0 Å². The molecule has 122 valence electrons. The van der Waals surface area contributed by atoms with Crippen LogP contribution in [0.1, 0.15) is 22.5 Å². The third-order valence-electron chi connectivity index (χ3n) is 3.86. The number of hydrogen-bond donors (Lipinski definition) is 1. The molecule has 1 amide bonds. The molecule has 1 unspecified atom stereocenters. The summed E-state index contributed by atoms with van der Waals surface area (Å²) in [6.45, 7) is 0.280. The van der Waals surface area contributed by atoms with E-state index in [-0.39, 0.29) is 12.5 Å². The maximum atomic E-state index is 13.3. The molecule has 1 aliphatic rings. The van der Waals surface area contributed by atoms with Crippen LogP contribution in [0.2, 0.25) is 0 Å². The smallest absolute Gasteiger partial charge is 0.265 e. The molecule has 1 heterocycles. The number of halogens is 2. The second-order valence-electron chi connectivity index (χ2n) is 5.75. The number of benzene rings is 1. The minimum Gasteiger partial charge on any atom is -0.391 e. The topological polar surface area (TPSA) is 53.4 Å². The van der Waals surface area contributed by atoms with Gasteiger partial charge in [-0.1, -0.05) is 0 Å². The molecule has 1 aromatic heterocycles. The first kappa shape index (κ1) is 16.0. The van der Waals surface area contributed by atoms with Gasteiger partial charge >= 0.3 is 0 Å². The average molecular weight is 338 g/mol. The molecule has 0 radical (unpaired) electrons. The maximum Gasteiger partial charge on any atom is 0.265 e. The zero-order valence-electron chi connectivity index (χ0n) is 12.5. The standard InChI is InChI=1S/C16H16F2N2O2S/c1-20(8-13(21)9-2-3-9)16(22)14-7-19-15(23-14)10-4-5-11(17)12(18)6-10/h4-7,9,13,21H,2-3,8H2,1H3. The molecule has 1 saturated carbocycles. The van der Waals surface area contributed by atoms with Gasteiger partial charge in [0.2, 0.25) is 0 Å². The van der Waals surface area contributed by atoms with E-state index in [0.29, 0.717) is 21.4 Å². The Morgan fingerprint density at radius 3 is 2.83 bits per heavy atom. The van der Waals surface area contributed by atoms with Crippen LogP contribution in [0.3, 0.4) is 0 Å². The molecule has 7 heteroatoms. The molecule has 1 atom stereocenters. The first-order valence-corrected chi connectivity index (χ1v) is 8.12. The summed E-state index contributed by atoms with van der Waals surface area (Å²) >= 11 is 1.12. The molecular formula is C16H16F2N2O2S. The van der Waals surface area contributed by atoms with E-state index in [0.717, 1.165) is 36.3 Å². The van der Waals surface area contributed by atoms with E-state index >= 15 is 0 Å². The van der Waals surface area contributed by atoms with Gasteiger partial charge in [0, 0.05) is 19.2 Å². The maximum absolute atomic E-state index is 13.3. The number of nitrogens with zero attached hydrogens (tertiary/aromatic N) is 2. The van der Waals surface area contributed by atoms with Crippen LogP contribution in [0.15, 0.2) is 24.4 Å². The van der Waals surface area contributed by atoms with Gasteiger partial charge in [-0.2, -0.15) is 0 Å². The number of aliphatic hydroxyl groups excluding tert-OH is 1. The van der Waals surface area contributed by atoms with Crippen molar-refractivity contribution in [3.05, 3.63) is 40.9 Å². The lowest BCUT2D eigenvalue weighted by Gasteiger charge is -2.19. The van der Waals surface area contributed by atoms with Crippen molar-refractivity contribution in [1.82, 2.24) is 9.88 Å². The van der Waals surface area contributed by atoms with Gasteiger partial charge in [0.15, 0.2) is 11.6 Å². The normalized spacial score (nSPS) is 15.5. The number of likely N-dealkylation sites (N-methyl/N-ethyl adjacent to an activating group) is 1. The minimum atomic E-state index is -0.949. The van der Waals surface area contributed by atoms with Gasteiger partial charge in [-0.3, -0.25) is 4.79 Å². The summed E-state index contributed by atoms with van der Waals surface area (Å²) in [7, 11) is 1.63. The molecule has 0 spiro atoms. The number of carbonyl (C=O) groups is 1. The van der Waals surface area contributed by atoms with Gasteiger partial charge in [0.1, 0.15) is 9.88 Å². The second-order valence-corrected chi connectivity index (χ2v) is 6.78. The van der Waals surface area contributed by atoms with Gasteiger partial charge in [0.05, 0.1) is 12.3 Å². The molecule has 23 heavy (non-hydrogen) atoms. The zero-order chi connectivity index (χ0) is 16.6. The van der Waals surface area contributed by atoms with Crippen molar-refractivity contribution in [2.24, 2.45) is 5.92 Å². The Balaban J connectivity index is 1.72. The number of amides is 1. The number of hydrogen-bond acceptors (Lipinski definition) is 4. The average Bonchev–Trinajstić information content (AvgIpc) is 3.27. The Bertz CT molecular complexity index is 731. The number of aromatic nitrogens is 1. The predicted molar refractivity (Wildman–Crippen MR) is 83.2 cm³/mol. The van der Waals surface area contributed by atoms with Crippen LogP contribution in [-0.4, -0.2) is 40.6 Å². The van der Waals surface area contributed by atoms with Gasteiger partial charge in [-0.15, -0.1) is 11.3 Å². The fourth-order valence-electron chi connectivity index (χ4n) is 2.32. The Hall–Kier alpha value is -1.86. The van der Waals surface area contributed by atoms with E-state index in [1.54, 1.807) is 7.05 Å². The van der Waals surface area contributed by atoms with Crippen molar-refractivity contribution in [2.75, 3.05) is 13.6 Å². The summed E-state index contributed by atoms with van der Waals surface area (Å²) in [6.07, 6.45) is 2.93. The molecule has 3 rings (SSSR count). The highest BCUT2D eigenvalue weighted by molar-refractivity contribution is 7.16. The van der Waals surface area contributed by atoms with E-state index in [1.165, 1.54) is 17.2 Å². The molecule has 1 fully saturated rings. The fourth-order valence-corrected chi connectivity index (χ4v) is 3.22. The van der Waals surface area contributed by atoms with Crippen molar-refractivity contribution in [1.29, 1.82) is 0 Å². The van der Waals surface area contributed by atoms with Crippen LogP contribution in [-0.2, 0) is 0 Å². The molecule has 2 aromatic rings. The summed E-state index contributed by atoms with van der Waals surface area (Å²) in [5, 5.41) is 10.4. The molecule has 1 N–H and O–H groups in total. The summed E-state index contributed by atoms with van der Waals surface area (Å²) in [6, 6.07) is 3.51. The quantitative estimate of drug-likeness (QED) is 0.912. The predicted octanol–water partition coefficient (Wildman–Crippen LogP) is 2.93. The van der Waals surface area contributed by atoms with Crippen molar-refractivity contribution in [3.8, 4) is 10.6 Å². The molecule has 1 aliphatic carbocycles. The summed E-state index contributed by atoms with van der Waals surface area (Å²) in [5.74, 6) is -1.81. The van der Waals surface area contributed by atoms with Crippen molar-refractivity contribution < 1.29 is 18.7 Å². The van der Waals surface area contributed by atoms with Gasteiger partial charge < -0.3 is 10.0 Å². The lowest BCUT2D eigenvalue weighted by molar-refractivity contribution is 0.0649. The first-order valence-electron chi connectivity index (χ1n) is 7.30. The van der Waals surface area contributed by atoms with Crippen LogP contribution in [0, 0.1) is 17.6 Å². The van der Waals surface area contributed by atoms with Gasteiger partial charge in [0.25, 0.3) is 5.91 Å². The van der Waals surface area contributed by atoms with E-state index in [2.05, 4.69) is 4.98 Å². The molecule has 0 aliphatic heterocycles. The highest BCUT2D eigenvalue weighted by Crippen LogP contribution is 2.33. The Kier molecular flexibility index (Phi) is 4.41. The van der Waals surface area contributed by atoms with E-state index in [1.807, 2.05) is 0 Å². The Morgan fingerprint density at radius 2 is 2.17 bits per heavy atom. The number of carbonyl (C=O) groups excluding carboxylic acids is 1. The van der Waals surface area contributed by atoms with Crippen LogP contribution >= 0.6 is 11.3 Å². The highest BCUT2D eigenvalue weighted by Gasteiger charge is 2.31. The molecule has 1 aromatic carbocycles. The monoisotopic (exact) mass is 338 g/mol. The van der Waals surface area contributed by atoms with E-state index < -0.39 is 17.7 Å². The Morgan fingerprint density at radius 1 is 1.43 bits per heavy atom. The number of thiazole rings is 1.